The van der Waals surface area contributed by atoms with E-state index in [1.54, 1.807) is 7.11 Å². The molecule has 0 aromatic heterocycles. The minimum absolute atomic E-state index is 0.0172. The third-order valence-corrected chi connectivity index (χ3v) is 11.5. The van der Waals surface area contributed by atoms with E-state index < -0.39 is 18.1 Å². The number of esters is 1. The summed E-state index contributed by atoms with van der Waals surface area (Å²) in [5.41, 5.74) is 4.87. The van der Waals surface area contributed by atoms with Crippen LogP contribution in [0.2, 0.25) is 0 Å². The summed E-state index contributed by atoms with van der Waals surface area (Å²) in [6, 6.07) is 2.88. The molecular weight excluding hydrogens is 612 g/mol. The van der Waals surface area contributed by atoms with Crippen molar-refractivity contribution in [1.29, 1.82) is 5.26 Å². The number of hydrogen-bond acceptors (Lipinski definition) is 10. The molecule has 48 heavy (non-hydrogen) atoms. The maximum atomic E-state index is 13.4. The molecule has 0 spiro atoms. The highest BCUT2D eigenvalue weighted by molar-refractivity contribution is 5.77. The van der Waals surface area contributed by atoms with Gasteiger partial charge in [-0.05, 0) is 57.2 Å². The van der Waals surface area contributed by atoms with E-state index in [0.29, 0.717) is 53.7 Å². The number of phenolic OH excluding ortho intramolecular Hbond substituents is 1. The van der Waals surface area contributed by atoms with E-state index in [1.807, 2.05) is 20.9 Å². The largest absolute Gasteiger partial charge is 0.504 e. The molecule has 11 nitrogen and oxygen atoms in total. The van der Waals surface area contributed by atoms with Crippen LogP contribution in [0.15, 0.2) is 6.07 Å². The van der Waals surface area contributed by atoms with Crippen LogP contribution < -0.4 is 24.3 Å². The van der Waals surface area contributed by atoms with Crippen molar-refractivity contribution in [3.8, 4) is 34.8 Å². The zero-order valence-corrected chi connectivity index (χ0v) is 28.6. The van der Waals surface area contributed by atoms with Gasteiger partial charge in [0.05, 0.1) is 25.3 Å². The van der Waals surface area contributed by atoms with Gasteiger partial charge >= 0.3 is 5.97 Å². The molecule has 5 aliphatic rings. The summed E-state index contributed by atoms with van der Waals surface area (Å²) >= 11 is 0. The molecule has 11 heteroatoms. The van der Waals surface area contributed by atoms with Gasteiger partial charge in [0.2, 0.25) is 12.7 Å². The van der Waals surface area contributed by atoms with Gasteiger partial charge in [-0.3, -0.25) is 19.4 Å². The molecule has 1 saturated carbocycles. The highest BCUT2D eigenvalue weighted by Gasteiger charge is 2.56. The van der Waals surface area contributed by atoms with E-state index in [4.69, 9.17) is 18.9 Å². The van der Waals surface area contributed by atoms with Crippen LogP contribution in [0.25, 0.3) is 0 Å². The zero-order valence-electron chi connectivity index (χ0n) is 28.6. The molecule has 1 saturated heterocycles. The number of phenols is 1. The minimum atomic E-state index is -0.539. The van der Waals surface area contributed by atoms with Gasteiger partial charge in [-0.2, -0.15) is 5.26 Å². The predicted molar refractivity (Wildman–Crippen MR) is 176 cm³/mol. The SMILES string of the molecule is COc1c(C)cc2c(c1O)C1[C@@H]3Cc4c(OC(C)=O)c(C)c5c(c4[C@H](CNC(=O)CCC4CCCCC4)N3[C@@H](C#N)C(C2)N1C)OCO5. The van der Waals surface area contributed by atoms with Gasteiger partial charge in [-0.25, -0.2) is 0 Å². The minimum Gasteiger partial charge on any atom is -0.504 e. The number of amides is 1. The summed E-state index contributed by atoms with van der Waals surface area (Å²) in [6.45, 7) is 5.41. The Kier molecular flexibility index (Phi) is 8.67. The molecule has 4 aliphatic heterocycles. The van der Waals surface area contributed by atoms with Gasteiger partial charge in [0, 0.05) is 54.2 Å². The van der Waals surface area contributed by atoms with Crippen molar-refractivity contribution in [2.24, 2.45) is 5.92 Å². The average molecular weight is 659 g/mol. The summed E-state index contributed by atoms with van der Waals surface area (Å²) in [6.07, 6.45) is 8.40. The van der Waals surface area contributed by atoms with Crippen LogP contribution in [0.3, 0.4) is 0 Å². The quantitative estimate of drug-likeness (QED) is 0.312. The van der Waals surface area contributed by atoms with Crippen molar-refractivity contribution in [1.82, 2.24) is 15.1 Å². The van der Waals surface area contributed by atoms with Gasteiger partial charge in [0.1, 0.15) is 11.8 Å². The second-order valence-corrected chi connectivity index (χ2v) is 14.2. The van der Waals surface area contributed by atoms with Crippen LogP contribution in [0.1, 0.15) is 97.3 Å². The van der Waals surface area contributed by atoms with Crippen LogP contribution in [0, 0.1) is 31.1 Å². The van der Waals surface area contributed by atoms with Crippen molar-refractivity contribution in [2.75, 3.05) is 27.5 Å². The topological polar surface area (TPSA) is 134 Å². The van der Waals surface area contributed by atoms with Crippen LogP contribution >= 0.6 is 0 Å². The fraction of sp³-hybridized carbons (Fsp3) is 0.595. The lowest BCUT2D eigenvalue weighted by Crippen LogP contribution is -2.68. The maximum absolute atomic E-state index is 13.4. The number of rotatable bonds is 7. The molecule has 1 aliphatic carbocycles. The Hall–Kier alpha value is -4.01. The molecule has 4 heterocycles. The molecule has 7 rings (SSSR count). The first kappa shape index (κ1) is 32.5. The Morgan fingerprint density at radius 3 is 2.54 bits per heavy atom. The van der Waals surface area contributed by atoms with Gasteiger partial charge in [0.25, 0.3) is 0 Å². The first-order chi connectivity index (χ1) is 23.1. The first-order valence-corrected chi connectivity index (χ1v) is 17.3. The van der Waals surface area contributed by atoms with Crippen LogP contribution in [-0.2, 0) is 22.4 Å². The number of nitriles is 1. The number of hydrogen-bond donors (Lipinski definition) is 2. The van der Waals surface area contributed by atoms with Crippen molar-refractivity contribution >= 4 is 11.9 Å². The highest BCUT2D eigenvalue weighted by Crippen LogP contribution is 2.58. The number of nitrogens with one attached hydrogen (secondary N) is 1. The van der Waals surface area contributed by atoms with Gasteiger partial charge in [0.15, 0.2) is 23.0 Å². The lowest BCUT2D eigenvalue weighted by Gasteiger charge is -2.60. The first-order valence-electron chi connectivity index (χ1n) is 17.3. The van der Waals surface area contributed by atoms with Crippen LogP contribution in [-0.4, -0.2) is 72.4 Å². The number of fused-ring (bicyclic) bond motifs is 9. The molecule has 2 aromatic rings. The summed E-state index contributed by atoms with van der Waals surface area (Å²) in [5.74, 6) is 2.17. The third kappa shape index (κ3) is 5.24. The fourth-order valence-corrected chi connectivity index (χ4v) is 9.42. The van der Waals surface area contributed by atoms with Crippen molar-refractivity contribution in [3.63, 3.8) is 0 Å². The number of carbonyl (C=O) groups excluding carboxylic acids is 2. The summed E-state index contributed by atoms with van der Waals surface area (Å²) in [7, 11) is 3.57. The number of methoxy groups -OCH3 is 1. The monoisotopic (exact) mass is 658 g/mol. The number of benzene rings is 2. The average Bonchev–Trinajstić information content (AvgIpc) is 3.56. The van der Waals surface area contributed by atoms with Gasteiger partial charge < -0.3 is 29.4 Å². The van der Waals surface area contributed by atoms with Crippen molar-refractivity contribution in [2.45, 2.75) is 109 Å². The molecule has 2 N–H and O–H groups in total. The number of ether oxygens (including phenoxy) is 4. The van der Waals surface area contributed by atoms with Crippen molar-refractivity contribution in [3.05, 3.63) is 39.4 Å². The number of likely N-dealkylation sites (N-methyl/N-ethyl adjacent to an activating group) is 1. The van der Waals surface area contributed by atoms with E-state index in [9.17, 15) is 20.0 Å². The number of carbonyl (C=O) groups is 2. The molecule has 0 radical (unpaired) electrons. The Balaban J connectivity index is 1.35. The van der Waals surface area contributed by atoms with E-state index in [0.717, 1.165) is 34.2 Å². The summed E-state index contributed by atoms with van der Waals surface area (Å²) < 4.78 is 23.7. The standard InChI is InChI=1S/C37H46N4O7/c1-19-13-23-14-25-27(16-38)41-26(32(40(25)4)30(23)33(44)34(19)45-5)15-24-31(37-36(46-18-47-37)20(2)35(24)48-21(3)42)28(41)17-39-29(43)12-11-22-9-7-6-8-10-22/h13,22,25-28,32,44H,6-12,14-15,17-18H2,1-5H3,(H,39,43)/t25?,26-,27-,28-,32?/m0/s1. The van der Waals surface area contributed by atoms with E-state index in [1.165, 1.54) is 39.0 Å². The Morgan fingerprint density at radius 1 is 1.08 bits per heavy atom. The van der Waals surface area contributed by atoms with E-state index >= 15 is 0 Å². The molecule has 2 bridgehead atoms. The molecule has 1 amide bonds. The Bertz CT molecular complexity index is 1680. The van der Waals surface area contributed by atoms with Crippen LogP contribution in [0.4, 0.5) is 0 Å². The lowest BCUT2D eigenvalue weighted by molar-refractivity contribution is -0.132. The lowest BCUT2D eigenvalue weighted by atomic mass is 9.71. The fourth-order valence-electron chi connectivity index (χ4n) is 9.42. The third-order valence-electron chi connectivity index (χ3n) is 11.5. The molecule has 2 aromatic carbocycles. The van der Waals surface area contributed by atoms with Crippen molar-refractivity contribution < 1.29 is 33.6 Å². The molecule has 2 fully saturated rings. The number of aromatic hydroxyl groups is 1. The molecular formula is C37H46N4O7. The maximum Gasteiger partial charge on any atom is 0.308 e. The predicted octanol–water partition coefficient (Wildman–Crippen LogP) is 4.92. The zero-order chi connectivity index (χ0) is 33.9. The smallest absolute Gasteiger partial charge is 0.308 e. The summed E-state index contributed by atoms with van der Waals surface area (Å²) in [4.78, 5) is 30.4. The van der Waals surface area contributed by atoms with Gasteiger partial charge in [-0.1, -0.05) is 38.2 Å². The number of nitrogens with zero attached hydrogens (tertiary/aromatic N) is 3. The Morgan fingerprint density at radius 2 is 1.83 bits per heavy atom. The summed E-state index contributed by atoms with van der Waals surface area (Å²) in [5, 5.41) is 25.8. The van der Waals surface area contributed by atoms with Crippen LogP contribution in [0.5, 0.6) is 28.7 Å². The molecule has 5 atom stereocenters. The van der Waals surface area contributed by atoms with E-state index in [2.05, 4.69) is 27.3 Å². The normalized spacial score (nSPS) is 26.1. The van der Waals surface area contributed by atoms with Gasteiger partial charge in [-0.15, -0.1) is 0 Å². The highest BCUT2D eigenvalue weighted by atomic mass is 16.7. The second-order valence-electron chi connectivity index (χ2n) is 14.2. The number of aryl methyl sites for hydroxylation is 1. The molecule has 2 unspecified atom stereocenters. The Labute approximate surface area is 282 Å². The number of piperazine rings is 1. The van der Waals surface area contributed by atoms with E-state index in [-0.39, 0.29) is 43.1 Å². The second kappa shape index (κ2) is 12.8. The molecule has 256 valence electrons.